The number of esters is 1. The molecule has 0 spiro atoms. The number of Topliss-reactive ketones (excluding diaryl/α,β-unsaturated/α-hetero) is 1. The number of ether oxygens (including phenoxy) is 3. The number of carbonyl (C=O) groups excluding carboxylic acids is 3. The Balaban J connectivity index is 1.87. The van der Waals surface area contributed by atoms with Crippen LogP contribution in [0, 0.1) is 0 Å². The number of aliphatic hydroxyl groups excluding tert-OH is 1. The molecule has 1 amide bonds. The van der Waals surface area contributed by atoms with Crippen LogP contribution in [0.4, 0.5) is 0 Å². The van der Waals surface area contributed by atoms with Crippen LogP contribution < -0.4 is 9.47 Å². The highest BCUT2D eigenvalue weighted by molar-refractivity contribution is 6.46. The Labute approximate surface area is 165 Å². The molecule has 2 aliphatic rings. The van der Waals surface area contributed by atoms with Crippen LogP contribution in [0.5, 0.6) is 11.5 Å². The van der Waals surface area contributed by atoms with E-state index in [9.17, 15) is 19.5 Å². The smallest absolute Gasteiger partial charge is 0.325 e. The highest BCUT2D eigenvalue weighted by Crippen LogP contribution is 2.42. The van der Waals surface area contributed by atoms with Crippen molar-refractivity contribution in [3.05, 3.63) is 65.2 Å². The molecule has 1 N–H and O–H groups in total. The maximum atomic E-state index is 12.8. The second-order valence-corrected chi connectivity index (χ2v) is 6.48. The minimum atomic E-state index is -0.983. The van der Waals surface area contributed by atoms with Crippen molar-refractivity contribution in [3.63, 3.8) is 0 Å². The van der Waals surface area contributed by atoms with Crippen molar-refractivity contribution in [3.8, 4) is 11.5 Å². The van der Waals surface area contributed by atoms with Crippen molar-refractivity contribution in [2.24, 2.45) is 0 Å². The zero-order chi connectivity index (χ0) is 20.5. The number of aliphatic hydroxyl groups is 1. The Morgan fingerprint density at radius 2 is 1.86 bits per heavy atom. The Kier molecular flexibility index (Phi) is 4.67. The summed E-state index contributed by atoms with van der Waals surface area (Å²) in [6, 6.07) is 12.4. The van der Waals surface area contributed by atoms with Gasteiger partial charge in [-0.2, -0.15) is 0 Å². The summed E-state index contributed by atoms with van der Waals surface area (Å²) >= 11 is 0. The number of likely N-dealkylation sites (tertiary alicyclic amines) is 1. The van der Waals surface area contributed by atoms with Gasteiger partial charge in [0, 0.05) is 5.56 Å². The average molecular weight is 395 g/mol. The molecule has 4 rings (SSSR count). The Hall–Kier alpha value is -3.81. The van der Waals surface area contributed by atoms with E-state index in [1.165, 1.54) is 7.11 Å². The first-order valence-electron chi connectivity index (χ1n) is 8.81. The van der Waals surface area contributed by atoms with Crippen LogP contribution in [0.15, 0.2) is 54.1 Å². The number of ketones is 1. The number of benzene rings is 2. The van der Waals surface area contributed by atoms with Gasteiger partial charge in [-0.1, -0.05) is 36.4 Å². The fourth-order valence-corrected chi connectivity index (χ4v) is 3.43. The van der Waals surface area contributed by atoms with E-state index in [-0.39, 0.29) is 18.1 Å². The Bertz CT molecular complexity index is 1030. The standard InChI is InChI=1S/C21H17NO7/c1-27-16(23)10-22-18(13-7-8-14-15(9-13)29-11-28-14)17(20(25)21(22)26)19(24)12-5-3-2-4-6-12/h2-9,18,24H,10-11H2,1H3/t18-/m0/s1. The lowest BCUT2D eigenvalue weighted by Crippen LogP contribution is -2.35. The largest absolute Gasteiger partial charge is 0.507 e. The summed E-state index contributed by atoms with van der Waals surface area (Å²) in [5.41, 5.74) is 0.771. The molecule has 148 valence electrons. The molecule has 1 atom stereocenters. The molecule has 0 aromatic heterocycles. The summed E-state index contributed by atoms with van der Waals surface area (Å²) in [6.07, 6.45) is 0. The van der Waals surface area contributed by atoms with Crippen molar-refractivity contribution in [1.29, 1.82) is 0 Å². The van der Waals surface area contributed by atoms with Gasteiger partial charge in [-0.05, 0) is 17.7 Å². The topological polar surface area (TPSA) is 102 Å². The van der Waals surface area contributed by atoms with Gasteiger partial charge in [0.2, 0.25) is 6.79 Å². The first-order chi connectivity index (χ1) is 14.0. The molecular formula is C21H17NO7. The molecule has 0 aliphatic carbocycles. The first kappa shape index (κ1) is 18.5. The SMILES string of the molecule is COC(=O)CN1C(=O)C(=O)C(=C(O)c2ccccc2)[C@@H]1c1ccc2c(c1)OCO2. The van der Waals surface area contributed by atoms with Crippen LogP contribution in [0.25, 0.3) is 5.76 Å². The lowest BCUT2D eigenvalue weighted by Gasteiger charge is -2.24. The van der Waals surface area contributed by atoms with Gasteiger partial charge in [0.15, 0.2) is 11.5 Å². The van der Waals surface area contributed by atoms with E-state index in [0.29, 0.717) is 22.6 Å². The van der Waals surface area contributed by atoms with Crippen LogP contribution in [0.3, 0.4) is 0 Å². The number of hydrogen-bond donors (Lipinski definition) is 1. The van der Waals surface area contributed by atoms with Crippen LogP contribution in [-0.2, 0) is 19.1 Å². The molecule has 0 bridgehead atoms. The molecule has 1 fully saturated rings. The van der Waals surface area contributed by atoms with E-state index < -0.39 is 30.2 Å². The van der Waals surface area contributed by atoms with E-state index in [0.717, 1.165) is 4.90 Å². The maximum absolute atomic E-state index is 12.8. The zero-order valence-corrected chi connectivity index (χ0v) is 15.5. The summed E-state index contributed by atoms with van der Waals surface area (Å²) in [7, 11) is 1.19. The van der Waals surface area contributed by atoms with Gasteiger partial charge in [0.25, 0.3) is 11.7 Å². The van der Waals surface area contributed by atoms with Crippen LogP contribution in [0.1, 0.15) is 17.2 Å². The minimum Gasteiger partial charge on any atom is -0.507 e. The average Bonchev–Trinajstić information content (AvgIpc) is 3.31. The number of hydrogen-bond acceptors (Lipinski definition) is 7. The Morgan fingerprint density at radius 3 is 2.59 bits per heavy atom. The highest BCUT2D eigenvalue weighted by Gasteiger charge is 2.47. The summed E-state index contributed by atoms with van der Waals surface area (Å²) in [5.74, 6) is -1.79. The van der Waals surface area contributed by atoms with Crippen LogP contribution in [-0.4, -0.2) is 48.1 Å². The molecule has 0 radical (unpaired) electrons. The third-order valence-corrected chi connectivity index (χ3v) is 4.83. The third kappa shape index (κ3) is 3.18. The van der Waals surface area contributed by atoms with E-state index in [2.05, 4.69) is 4.74 Å². The van der Waals surface area contributed by atoms with Crippen LogP contribution in [0.2, 0.25) is 0 Å². The molecule has 2 heterocycles. The molecule has 2 aliphatic heterocycles. The molecule has 2 aromatic carbocycles. The number of methoxy groups -OCH3 is 1. The number of fused-ring (bicyclic) bond motifs is 1. The summed E-state index contributed by atoms with van der Waals surface area (Å²) < 4.78 is 15.4. The zero-order valence-electron chi connectivity index (χ0n) is 15.5. The van der Waals surface area contributed by atoms with Crippen molar-refractivity contribution in [1.82, 2.24) is 4.90 Å². The van der Waals surface area contributed by atoms with E-state index in [1.54, 1.807) is 48.5 Å². The van der Waals surface area contributed by atoms with Gasteiger partial charge >= 0.3 is 5.97 Å². The quantitative estimate of drug-likeness (QED) is 0.366. The number of rotatable bonds is 4. The Morgan fingerprint density at radius 1 is 1.14 bits per heavy atom. The minimum absolute atomic E-state index is 0.0607. The van der Waals surface area contributed by atoms with Crippen molar-refractivity contribution >= 4 is 23.4 Å². The fraction of sp³-hybridized carbons (Fsp3) is 0.190. The molecule has 8 heteroatoms. The third-order valence-electron chi connectivity index (χ3n) is 4.83. The molecule has 0 unspecified atom stereocenters. The van der Waals surface area contributed by atoms with E-state index in [1.807, 2.05) is 0 Å². The van der Waals surface area contributed by atoms with Gasteiger partial charge in [-0.15, -0.1) is 0 Å². The number of nitrogens with zero attached hydrogens (tertiary/aromatic N) is 1. The van der Waals surface area contributed by atoms with E-state index >= 15 is 0 Å². The second kappa shape index (κ2) is 7.31. The first-order valence-corrected chi connectivity index (χ1v) is 8.81. The van der Waals surface area contributed by atoms with Crippen molar-refractivity contribution < 1.29 is 33.7 Å². The van der Waals surface area contributed by atoms with E-state index in [4.69, 9.17) is 9.47 Å². The predicted molar refractivity (Wildman–Crippen MR) is 100 cm³/mol. The highest BCUT2D eigenvalue weighted by atomic mass is 16.7. The monoisotopic (exact) mass is 395 g/mol. The molecule has 29 heavy (non-hydrogen) atoms. The summed E-state index contributed by atoms with van der Waals surface area (Å²) in [4.78, 5) is 38.5. The molecule has 8 nitrogen and oxygen atoms in total. The predicted octanol–water partition coefficient (Wildman–Crippen LogP) is 2.01. The van der Waals surface area contributed by atoms with Crippen molar-refractivity contribution in [2.45, 2.75) is 6.04 Å². The lowest BCUT2D eigenvalue weighted by atomic mass is 9.95. The number of amides is 1. The number of carbonyl (C=O) groups is 3. The lowest BCUT2D eigenvalue weighted by molar-refractivity contribution is -0.148. The normalized spacial score (nSPS) is 19.5. The fourth-order valence-electron chi connectivity index (χ4n) is 3.43. The summed E-state index contributed by atoms with van der Waals surface area (Å²) in [5, 5.41) is 10.9. The maximum Gasteiger partial charge on any atom is 0.325 e. The van der Waals surface area contributed by atoms with Gasteiger partial charge < -0.3 is 24.2 Å². The second-order valence-electron chi connectivity index (χ2n) is 6.48. The van der Waals surface area contributed by atoms with Crippen LogP contribution >= 0.6 is 0 Å². The molecule has 1 saturated heterocycles. The van der Waals surface area contributed by atoms with Crippen molar-refractivity contribution in [2.75, 3.05) is 20.4 Å². The molecular weight excluding hydrogens is 378 g/mol. The molecule has 0 saturated carbocycles. The van der Waals surface area contributed by atoms with Gasteiger partial charge in [-0.3, -0.25) is 14.4 Å². The van der Waals surface area contributed by atoms with Gasteiger partial charge in [0.05, 0.1) is 18.7 Å². The van der Waals surface area contributed by atoms with Gasteiger partial charge in [-0.25, -0.2) is 0 Å². The van der Waals surface area contributed by atoms with Gasteiger partial charge in [0.1, 0.15) is 12.3 Å². The molecule has 2 aromatic rings. The summed E-state index contributed by atoms with van der Waals surface area (Å²) in [6.45, 7) is -0.378.